The predicted molar refractivity (Wildman–Crippen MR) is 84.2 cm³/mol. The highest BCUT2D eigenvalue weighted by atomic mass is 79.9. The molecule has 0 heterocycles. The molecule has 0 unspecified atom stereocenters. The Balaban J connectivity index is 2.13. The molecule has 0 fully saturated rings. The van der Waals surface area contributed by atoms with Gasteiger partial charge >= 0.3 is 5.97 Å². The van der Waals surface area contributed by atoms with E-state index in [0.717, 1.165) is 22.1 Å². The van der Waals surface area contributed by atoms with Crippen molar-refractivity contribution < 1.29 is 9.90 Å². The van der Waals surface area contributed by atoms with Crippen molar-refractivity contribution in [2.24, 2.45) is 0 Å². The van der Waals surface area contributed by atoms with Crippen molar-refractivity contribution in [1.82, 2.24) is 0 Å². The molecular formula is C16H16BrNO2. The quantitative estimate of drug-likeness (QED) is 0.856. The molecule has 0 saturated heterocycles. The fourth-order valence-corrected chi connectivity index (χ4v) is 2.53. The van der Waals surface area contributed by atoms with Crippen LogP contribution in [0.1, 0.15) is 28.4 Å². The minimum Gasteiger partial charge on any atom is -0.478 e. The van der Waals surface area contributed by atoms with E-state index in [1.165, 1.54) is 5.56 Å². The molecule has 2 aromatic rings. The van der Waals surface area contributed by atoms with E-state index in [9.17, 15) is 4.79 Å². The van der Waals surface area contributed by atoms with Crippen molar-refractivity contribution in [3.8, 4) is 0 Å². The van der Waals surface area contributed by atoms with Gasteiger partial charge in [0.05, 0.1) is 5.56 Å². The summed E-state index contributed by atoms with van der Waals surface area (Å²) in [7, 11) is 0. The molecular weight excluding hydrogens is 318 g/mol. The first-order valence-corrected chi connectivity index (χ1v) is 7.24. The Bertz CT molecular complexity index is 626. The van der Waals surface area contributed by atoms with Gasteiger partial charge in [0.25, 0.3) is 0 Å². The fourth-order valence-electron chi connectivity index (χ4n) is 2.02. The summed E-state index contributed by atoms with van der Waals surface area (Å²) in [6.45, 7) is 2.77. The zero-order chi connectivity index (χ0) is 14.5. The number of rotatable bonds is 5. The van der Waals surface area contributed by atoms with Gasteiger partial charge in [-0.3, -0.25) is 0 Å². The van der Waals surface area contributed by atoms with Crippen LogP contribution in [0, 0.1) is 0 Å². The Morgan fingerprint density at radius 3 is 2.60 bits per heavy atom. The predicted octanol–water partition coefficient (Wildman–Crippen LogP) is 4.32. The first kappa shape index (κ1) is 14.6. The lowest BCUT2D eigenvalue weighted by molar-refractivity contribution is 0.0697. The molecule has 0 aliphatic heterocycles. The van der Waals surface area contributed by atoms with E-state index in [1.54, 1.807) is 12.1 Å². The molecule has 4 heteroatoms. The Kier molecular flexibility index (Phi) is 4.79. The minimum atomic E-state index is -0.915. The van der Waals surface area contributed by atoms with Crippen LogP contribution in [0.25, 0.3) is 0 Å². The first-order chi connectivity index (χ1) is 9.61. The van der Waals surface area contributed by atoms with Crippen molar-refractivity contribution in [1.29, 1.82) is 0 Å². The van der Waals surface area contributed by atoms with E-state index < -0.39 is 5.97 Å². The number of aryl methyl sites for hydroxylation is 1. The van der Waals surface area contributed by atoms with Gasteiger partial charge < -0.3 is 10.4 Å². The van der Waals surface area contributed by atoms with E-state index in [0.29, 0.717) is 6.54 Å². The molecule has 3 nitrogen and oxygen atoms in total. The number of aromatic carboxylic acids is 1. The van der Waals surface area contributed by atoms with E-state index >= 15 is 0 Å². The molecule has 0 aromatic heterocycles. The van der Waals surface area contributed by atoms with Crippen LogP contribution in [0.2, 0.25) is 0 Å². The third-order valence-electron chi connectivity index (χ3n) is 3.17. The second kappa shape index (κ2) is 6.57. The van der Waals surface area contributed by atoms with Gasteiger partial charge in [-0.05, 0) is 35.7 Å². The lowest BCUT2D eigenvalue weighted by Crippen LogP contribution is -2.04. The Labute approximate surface area is 126 Å². The van der Waals surface area contributed by atoms with E-state index in [4.69, 9.17) is 5.11 Å². The smallest absolute Gasteiger partial charge is 0.335 e. The highest BCUT2D eigenvalue weighted by molar-refractivity contribution is 9.10. The van der Waals surface area contributed by atoms with Crippen LogP contribution in [0.3, 0.4) is 0 Å². The third kappa shape index (κ3) is 3.39. The molecule has 0 aliphatic rings. The molecule has 104 valence electrons. The van der Waals surface area contributed by atoms with Crippen LogP contribution in [-0.2, 0) is 13.0 Å². The molecule has 0 saturated carbocycles. The van der Waals surface area contributed by atoms with Gasteiger partial charge in [-0.15, -0.1) is 0 Å². The van der Waals surface area contributed by atoms with E-state index in [1.807, 2.05) is 18.2 Å². The summed E-state index contributed by atoms with van der Waals surface area (Å²) in [6, 6.07) is 13.3. The summed E-state index contributed by atoms with van der Waals surface area (Å²) >= 11 is 3.42. The van der Waals surface area contributed by atoms with Crippen LogP contribution in [-0.4, -0.2) is 11.1 Å². The summed E-state index contributed by atoms with van der Waals surface area (Å²) in [5, 5.41) is 12.3. The standard InChI is InChI=1S/C16H16BrNO2/c1-2-11-5-3-4-6-15(11)18-10-13-8-7-12(16(19)20)9-14(13)17/h3-9,18H,2,10H2,1H3,(H,19,20). The summed E-state index contributed by atoms with van der Waals surface area (Å²) in [6.07, 6.45) is 0.974. The highest BCUT2D eigenvalue weighted by Gasteiger charge is 2.07. The zero-order valence-corrected chi connectivity index (χ0v) is 12.8. The van der Waals surface area contributed by atoms with Crippen molar-refractivity contribution >= 4 is 27.6 Å². The number of carboxylic acid groups (broad SMARTS) is 1. The fraction of sp³-hybridized carbons (Fsp3) is 0.188. The summed E-state index contributed by atoms with van der Waals surface area (Å²) in [5.41, 5.74) is 3.70. The van der Waals surface area contributed by atoms with Gasteiger partial charge in [0.15, 0.2) is 0 Å². The zero-order valence-electron chi connectivity index (χ0n) is 11.2. The van der Waals surface area contributed by atoms with Gasteiger partial charge in [0.2, 0.25) is 0 Å². The normalized spacial score (nSPS) is 10.3. The third-order valence-corrected chi connectivity index (χ3v) is 3.91. The molecule has 2 N–H and O–H groups in total. The van der Waals surface area contributed by atoms with Crippen LogP contribution < -0.4 is 5.32 Å². The largest absolute Gasteiger partial charge is 0.478 e. The molecule has 0 bridgehead atoms. The summed E-state index contributed by atoms with van der Waals surface area (Å²) in [4.78, 5) is 10.9. The maximum absolute atomic E-state index is 10.9. The molecule has 0 radical (unpaired) electrons. The van der Waals surface area contributed by atoms with Crippen LogP contribution in [0.4, 0.5) is 5.69 Å². The summed E-state index contributed by atoms with van der Waals surface area (Å²) < 4.78 is 0.805. The van der Waals surface area contributed by atoms with Crippen LogP contribution >= 0.6 is 15.9 Å². The maximum Gasteiger partial charge on any atom is 0.335 e. The number of carboxylic acids is 1. The molecule has 0 spiro atoms. The average molecular weight is 334 g/mol. The first-order valence-electron chi connectivity index (χ1n) is 6.45. The average Bonchev–Trinajstić information content (AvgIpc) is 2.46. The number of para-hydroxylation sites is 1. The van der Waals surface area contributed by atoms with Gasteiger partial charge in [-0.25, -0.2) is 4.79 Å². The van der Waals surface area contributed by atoms with Crippen molar-refractivity contribution in [3.05, 3.63) is 63.6 Å². The number of halogens is 1. The monoisotopic (exact) mass is 333 g/mol. The number of nitrogens with one attached hydrogen (secondary N) is 1. The molecule has 20 heavy (non-hydrogen) atoms. The lowest BCUT2D eigenvalue weighted by atomic mass is 10.1. The minimum absolute atomic E-state index is 0.287. The number of benzene rings is 2. The second-order valence-electron chi connectivity index (χ2n) is 4.48. The number of hydrogen-bond acceptors (Lipinski definition) is 2. The Morgan fingerprint density at radius 2 is 1.95 bits per heavy atom. The van der Waals surface area contributed by atoms with Crippen molar-refractivity contribution in [3.63, 3.8) is 0 Å². The summed E-state index contributed by atoms with van der Waals surface area (Å²) in [5.74, 6) is -0.915. The molecule has 2 rings (SSSR count). The second-order valence-corrected chi connectivity index (χ2v) is 5.33. The SMILES string of the molecule is CCc1ccccc1NCc1ccc(C(=O)O)cc1Br. The van der Waals surface area contributed by atoms with Gasteiger partial charge in [-0.2, -0.15) is 0 Å². The lowest BCUT2D eigenvalue weighted by Gasteiger charge is -2.12. The molecule has 2 aromatic carbocycles. The van der Waals surface area contributed by atoms with E-state index in [-0.39, 0.29) is 5.56 Å². The Hall–Kier alpha value is -1.81. The topological polar surface area (TPSA) is 49.3 Å². The highest BCUT2D eigenvalue weighted by Crippen LogP contribution is 2.22. The van der Waals surface area contributed by atoms with Crippen LogP contribution in [0.15, 0.2) is 46.9 Å². The van der Waals surface area contributed by atoms with Gasteiger partial charge in [0, 0.05) is 16.7 Å². The maximum atomic E-state index is 10.9. The van der Waals surface area contributed by atoms with E-state index in [2.05, 4.69) is 40.3 Å². The van der Waals surface area contributed by atoms with Gasteiger partial charge in [-0.1, -0.05) is 47.1 Å². The number of anilines is 1. The van der Waals surface area contributed by atoms with Crippen molar-refractivity contribution in [2.75, 3.05) is 5.32 Å². The van der Waals surface area contributed by atoms with Crippen molar-refractivity contribution in [2.45, 2.75) is 19.9 Å². The molecule has 0 amide bonds. The number of carbonyl (C=O) groups is 1. The number of hydrogen-bond donors (Lipinski definition) is 2. The Morgan fingerprint density at radius 1 is 1.20 bits per heavy atom. The van der Waals surface area contributed by atoms with Gasteiger partial charge in [0.1, 0.15) is 0 Å². The molecule has 0 atom stereocenters. The van der Waals surface area contributed by atoms with Crippen LogP contribution in [0.5, 0.6) is 0 Å². The molecule has 0 aliphatic carbocycles.